The largest absolute Gasteiger partial charge is 0.292 e. The Morgan fingerprint density at radius 2 is 1.25 bits per heavy atom. The predicted octanol–water partition coefficient (Wildman–Crippen LogP) is -0.533. The van der Waals surface area contributed by atoms with Gasteiger partial charge >= 0.3 is 0 Å². The lowest BCUT2D eigenvalue weighted by atomic mass is 13.3. The molecular weight excluding hydrogens is 78.1 g/mol. The Balaban J connectivity index is 0. The fourth-order valence-corrected chi connectivity index (χ4v) is 0. The molecule has 3 nitrogen and oxygen atoms in total. The van der Waals surface area contributed by atoms with Gasteiger partial charge in [-0.2, -0.15) is 13.5 Å². The first-order valence-electron chi connectivity index (χ1n) is 0.447. The summed E-state index contributed by atoms with van der Waals surface area (Å²) in [5.41, 5.74) is 0.750. The highest BCUT2D eigenvalue weighted by atomic mass is 32.1. The van der Waals surface area contributed by atoms with Crippen LogP contribution in [0.2, 0.25) is 0 Å². The van der Waals surface area contributed by atoms with Gasteiger partial charge in [-0.1, -0.05) is 5.64 Å². The normalized spacial score (nSPS) is 4.50. The highest BCUT2D eigenvalue weighted by Crippen LogP contribution is 0.931. The van der Waals surface area contributed by atoms with E-state index in [9.17, 15) is 0 Å². The average molecular weight is 83.1 g/mol. The van der Waals surface area contributed by atoms with Gasteiger partial charge in [0.05, 0.1) is 0 Å². The van der Waals surface area contributed by atoms with Gasteiger partial charge < -0.3 is 0 Å². The topological polar surface area (TPSA) is 52.5 Å². The summed E-state index contributed by atoms with van der Waals surface area (Å²) in [6.45, 7) is 0. The van der Waals surface area contributed by atoms with Gasteiger partial charge in [-0.3, -0.25) is 10.4 Å². The molecular formula is H5NO2S. The van der Waals surface area contributed by atoms with Crippen molar-refractivity contribution in [3.05, 3.63) is 0 Å². The maximum Gasteiger partial charge on any atom is -0.0853 e. The Labute approximate surface area is 30.6 Å². The van der Waals surface area contributed by atoms with Crippen LogP contribution >= 0.6 is 13.5 Å². The molecule has 0 bridgehead atoms. The van der Waals surface area contributed by atoms with Crippen LogP contribution in [-0.2, 0) is 0 Å². The second kappa shape index (κ2) is 10.6. The zero-order valence-electron chi connectivity index (χ0n) is 1.89. The van der Waals surface area contributed by atoms with E-state index in [1.165, 1.54) is 0 Å². The Hall–Kier alpha value is 0.230. The summed E-state index contributed by atoms with van der Waals surface area (Å²) in [6, 6.07) is 0. The molecule has 4 heteroatoms. The minimum Gasteiger partial charge on any atom is -0.292 e. The molecule has 0 aromatic heterocycles. The molecule has 0 amide bonds. The molecule has 0 saturated carbocycles. The van der Waals surface area contributed by atoms with E-state index in [2.05, 4.69) is 0 Å². The van der Waals surface area contributed by atoms with Gasteiger partial charge in [-0.15, -0.1) is 0 Å². The molecule has 0 heterocycles. The molecule has 0 fully saturated rings. The molecule has 3 N–H and O–H groups in total. The molecule has 0 aliphatic carbocycles. The highest BCUT2D eigenvalue weighted by Gasteiger charge is 1.23. The molecule has 4 heavy (non-hydrogen) atoms. The first-order chi connectivity index (χ1) is 1.41. The Kier molecular flexibility index (Phi) is 23.6. The van der Waals surface area contributed by atoms with Gasteiger partial charge in [-0.05, 0) is 0 Å². The van der Waals surface area contributed by atoms with Crippen molar-refractivity contribution < 1.29 is 10.4 Å². The maximum atomic E-state index is 6.88. The fourth-order valence-electron chi connectivity index (χ4n) is 0. The van der Waals surface area contributed by atoms with E-state index in [4.69, 9.17) is 10.4 Å². The van der Waals surface area contributed by atoms with Crippen LogP contribution in [-0.4, -0.2) is 10.4 Å². The summed E-state index contributed by atoms with van der Waals surface area (Å²) in [7, 11) is 0. The molecule has 0 spiro atoms. The monoisotopic (exact) mass is 83.0 g/mol. The van der Waals surface area contributed by atoms with Gasteiger partial charge in [0.15, 0.2) is 0 Å². The third-order valence-electron chi connectivity index (χ3n) is 0. The Morgan fingerprint density at radius 3 is 1.25 bits per heavy atom. The number of nitrogens with one attached hydrogen (secondary N) is 1. The molecule has 0 radical (unpaired) electrons. The van der Waals surface area contributed by atoms with E-state index in [1.54, 1.807) is 0 Å². The van der Waals surface area contributed by atoms with Crippen LogP contribution < -0.4 is 5.64 Å². The quantitative estimate of drug-likeness (QED) is 0.345. The van der Waals surface area contributed by atoms with Crippen molar-refractivity contribution in [2.45, 2.75) is 0 Å². The lowest BCUT2D eigenvalue weighted by Crippen LogP contribution is -1.93. The van der Waals surface area contributed by atoms with Crippen molar-refractivity contribution in [3.63, 3.8) is 0 Å². The smallest absolute Gasteiger partial charge is 0.0853 e. The van der Waals surface area contributed by atoms with Gasteiger partial charge in [-0.25, -0.2) is 0 Å². The second-order valence-electron chi connectivity index (χ2n) is 0.100. The minimum atomic E-state index is 0. The summed E-state index contributed by atoms with van der Waals surface area (Å²) in [6.07, 6.45) is 0. The van der Waals surface area contributed by atoms with E-state index < -0.39 is 0 Å². The molecule has 28 valence electrons. The van der Waals surface area contributed by atoms with Crippen LogP contribution in [0.1, 0.15) is 0 Å². The number of rotatable bonds is 0. The molecule has 0 aliphatic rings. The number of hydrogen-bond acceptors (Lipinski definition) is 3. The zero-order valence-corrected chi connectivity index (χ0v) is 2.89. The maximum absolute atomic E-state index is 6.88. The highest BCUT2D eigenvalue weighted by molar-refractivity contribution is 7.59. The summed E-state index contributed by atoms with van der Waals surface area (Å²) in [4.78, 5) is 0. The molecule has 0 unspecified atom stereocenters. The van der Waals surface area contributed by atoms with E-state index in [1.807, 2.05) is 0 Å². The predicted molar refractivity (Wildman–Crippen MR) is 17.1 cm³/mol. The molecule has 0 aromatic rings. The summed E-state index contributed by atoms with van der Waals surface area (Å²) >= 11 is 0. The molecule has 0 aromatic carbocycles. The average Bonchev–Trinajstić information content (AvgIpc) is 0.918. The standard InChI is InChI=1S/H3NO2.H2S/c2-1-3;/h1-3H;1H2. The van der Waals surface area contributed by atoms with Crippen molar-refractivity contribution in [1.29, 1.82) is 0 Å². The zero-order chi connectivity index (χ0) is 2.71. The van der Waals surface area contributed by atoms with Crippen molar-refractivity contribution in [3.8, 4) is 0 Å². The van der Waals surface area contributed by atoms with E-state index in [0.717, 1.165) is 5.64 Å². The first-order valence-corrected chi connectivity index (χ1v) is 0.447. The molecule has 0 atom stereocenters. The second-order valence-corrected chi connectivity index (χ2v) is 0.100. The third kappa shape index (κ3) is 63.8. The van der Waals surface area contributed by atoms with Gasteiger partial charge in [0, 0.05) is 0 Å². The van der Waals surface area contributed by atoms with Crippen LogP contribution in [0.3, 0.4) is 0 Å². The van der Waals surface area contributed by atoms with E-state index >= 15 is 0 Å². The lowest BCUT2D eigenvalue weighted by Gasteiger charge is -1.61. The molecule has 0 saturated heterocycles. The van der Waals surface area contributed by atoms with Gasteiger partial charge in [0.25, 0.3) is 0 Å². The van der Waals surface area contributed by atoms with Gasteiger partial charge in [0.1, 0.15) is 0 Å². The third-order valence-corrected chi connectivity index (χ3v) is 0. The summed E-state index contributed by atoms with van der Waals surface area (Å²) in [5.74, 6) is 0. The Bertz CT molecular complexity index is 6.00. The van der Waals surface area contributed by atoms with Gasteiger partial charge in [0.2, 0.25) is 0 Å². The first kappa shape index (κ1) is 8.87. The van der Waals surface area contributed by atoms with Crippen LogP contribution in [0.5, 0.6) is 0 Å². The SMILES string of the molecule is ONO.S. The van der Waals surface area contributed by atoms with E-state index in [-0.39, 0.29) is 13.5 Å². The van der Waals surface area contributed by atoms with Crippen molar-refractivity contribution in [1.82, 2.24) is 5.64 Å². The van der Waals surface area contributed by atoms with E-state index in [0.29, 0.717) is 0 Å². The fraction of sp³-hybridized carbons (Fsp3) is 0. The van der Waals surface area contributed by atoms with Crippen molar-refractivity contribution in [2.24, 2.45) is 0 Å². The van der Waals surface area contributed by atoms with Crippen LogP contribution in [0, 0.1) is 0 Å². The minimum absolute atomic E-state index is 0. The van der Waals surface area contributed by atoms with Crippen molar-refractivity contribution in [2.75, 3.05) is 0 Å². The number of hydrogen-bond donors (Lipinski definition) is 3. The van der Waals surface area contributed by atoms with Crippen LogP contribution in [0.25, 0.3) is 0 Å². The van der Waals surface area contributed by atoms with Crippen molar-refractivity contribution >= 4 is 13.5 Å². The van der Waals surface area contributed by atoms with Crippen LogP contribution in [0.4, 0.5) is 0 Å². The molecule has 0 aliphatic heterocycles. The molecule has 0 rings (SSSR count). The summed E-state index contributed by atoms with van der Waals surface area (Å²) < 4.78 is 0. The Morgan fingerprint density at radius 1 is 1.25 bits per heavy atom. The summed E-state index contributed by atoms with van der Waals surface area (Å²) in [5, 5.41) is 13.8. The lowest BCUT2D eigenvalue weighted by molar-refractivity contribution is -0.0678. The van der Waals surface area contributed by atoms with Crippen LogP contribution in [0.15, 0.2) is 0 Å².